The van der Waals surface area contributed by atoms with Gasteiger partial charge in [0.05, 0.1) is 17.4 Å². The molecule has 5 rings (SSSR count). The van der Waals surface area contributed by atoms with Gasteiger partial charge in [-0.3, -0.25) is 14.4 Å². The standard InChI is InChI=1S/C32H32N4O5/c33-19-24(37)20-34-31(39)26(18-21-13-14-22-7-1-2-8-23(22)17-21)35-30(38)15-16-36-27-10-4-6-12-29(27)41-28-11-5-3-9-25(28)32(36)40/h1-14,17,24,26,37H,15-16,18-20,33H2,(H,34,39)(H,35,38)/t24?,26-/m1/s1. The summed E-state index contributed by atoms with van der Waals surface area (Å²) in [6, 6.07) is 27.0. The SMILES string of the molecule is NCC(O)CNC(=O)[C@@H](Cc1ccc2ccccc2c1)NC(=O)CCN1C(=O)c2ccccc2Oc2ccccc21. The van der Waals surface area contributed by atoms with Crippen molar-refractivity contribution in [3.8, 4) is 11.5 Å². The fraction of sp³-hybridized carbons (Fsp3) is 0.219. The highest BCUT2D eigenvalue weighted by Gasteiger charge is 2.29. The number of rotatable bonds is 10. The molecule has 0 saturated carbocycles. The normalized spacial score (nSPS) is 13.8. The molecule has 0 radical (unpaired) electrons. The number of hydrogen-bond acceptors (Lipinski definition) is 6. The third-order valence-corrected chi connectivity index (χ3v) is 6.99. The van der Waals surface area contributed by atoms with Crippen molar-refractivity contribution in [3.63, 3.8) is 0 Å². The molecule has 0 aliphatic carbocycles. The Balaban J connectivity index is 1.32. The van der Waals surface area contributed by atoms with Crippen LogP contribution in [-0.2, 0) is 16.0 Å². The zero-order valence-electron chi connectivity index (χ0n) is 22.5. The summed E-state index contributed by atoms with van der Waals surface area (Å²) in [6.07, 6.45) is -0.696. The quantitative estimate of drug-likeness (QED) is 0.239. The first-order valence-electron chi connectivity index (χ1n) is 13.5. The molecule has 0 aromatic heterocycles. The smallest absolute Gasteiger partial charge is 0.262 e. The minimum Gasteiger partial charge on any atom is -0.454 e. The molecule has 4 aromatic rings. The third-order valence-electron chi connectivity index (χ3n) is 6.99. The van der Waals surface area contributed by atoms with E-state index in [1.165, 1.54) is 4.90 Å². The second-order valence-electron chi connectivity index (χ2n) is 9.91. The molecule has 210 valence electrons. The highest BCUT2D eigenvalue weighted by Crippen LogP contribution is 2.38. The summed E-state index contributed by atoms with van der Waals surface area (Å²) in [7, 11) is 0. The van der Waals surface area contributed by atoms with Crippen molar-refractivity contribution >= 4 is 34.2 Å². The zero-order chi connectivity index (χ0) is 28.8. The minimum absolute atomic E-state index is 0.000159. The number of aliphatic hydroxyl groups excluding tert-OH is 1. The van der Waals surface area contributed by atoms with Gasteiger partial charge < -0.3 is 31.1 Å². The molecule has 3 amide bonds. The van der Waals surface area contributed by atoms with Crippen LogP contribution < -0.4 is 26.0 Å². The second-order valence-corrected chi connectivity index (χ2v) is 9.91. The Morgan fingerprint density at radius 3 is 2.41 bits per heavy atom. The number of anilines is 1. The highest BCUT2D eigenvalue weighted by molar-refractivity contribution is 6.10. The Kier molecular flexibility index (Phi) is 8.57. The second kappa shape index (κ2) is 12.6. The maximum absolute atomic E-state index is 13.5. The first-order chi connectivity index (χ1) is 19.9. The van der Waals surface area contributed by atoms with Crippen LogP contribution in [-0.4, -0.2) is 54.6 Å². The topological polar surface area (TPSA) is 134 Å². The molecular formula is C32H32N4O5. The summed E-state index contributed by atoms with van der Waals surface area (Å²) in [4.78, 5) is 41.3. The van der Waals surface area contributed by atoms with E-state index in [0.29, 0.717) is 22.7 Å². The number of para-hydroxylation sites is 3. The van der Waals surface area contributed by atoms with Crippen LogP contribution in [0.3, 0.4) is 0 Å². The Hall–Kier alpha value is -4.73. The molecule has 0 saturated heterocycles. The number of benzene rings is 4. The first kappa shape index (κ1) is 27.8. The molecule has 0 fully saturated rings. The lowest BCUT2D eigenvalue weighted by Crippen LogP contribution is -2.50. The van der Waals surface area contributed by atoms with Gasteiger partial charge in [0.2, 0.25) is 11.8 Å². The molecule has 5 N–H and O–H groups in total. The average molecular weight is 553 g/mol. The highest BCUT2D eigenvalue weighted by atomic mass is 16.5. The van der Waals surface area contributed by atoms with Crippen LogP contribution in [0.1, 0.15) is 22.3 Å². The molecule has 4 aromatic carbocycles. The van der Waals surface area contributed by atoms with Crippen LogP contribution in [0, 0.1) is 0 Å². The molecular weight excluding hydrogens is 520 g/mol. The van der Waals surface area contributed by atoms with Gasteiger partial charge in [-0.1, -0.05) is 66.7 Å². The summed E-state index contributed by atoms with van der Waals surface area (Å²) >= 11 is 0. The van der Waals surface area contributed by atoms with E-state index in [0.717, 1.165) is 16.3 Å². The fourth-order valence-corrected chi connectivity index (χ4v) is 4.81. The van der Waals surface area contributed by atoms with E-state index in [2.05, 4.69) is 10.6 Å². The number of carbonyl (C=O) groups is 3. The number of carbonyl (C=O) groups excluding carboxylic acids is 3. The van der Waals surface area contributed by atoms with Gasteiger partial charge in [0, 0.05) is 32.5 Å². The van der Waals surface area contributed by atoms with E-state index in [1.54, 1.807) is 42.5 Å². The number of fused-ring (bicyclic) bond motifs is 3. The molecule has 1 aliphatic rings. The Bertz CT molecular complexity index is 1570. The maximum Gasteiger partial charge on any atom is 0.262 e. The van der Waals surface area contributed by atoms with Gasteiger partial charge in [0.1, 0.15) is 11.8 Å². The molecule has 2 atom stereocenters. The van der Waals surface area contributed by atoms with Gasteiger partial charge in [-0.25, -0.2) is 0 Å². The van der Waals surface area contributed by atoms with E-state index in [9.17, 15) is 19.5 Å². The van der Waals surface area contributed by atoms with E-state index in [1.807, 2.05) is 48.5 Å². The van der Waals surface area contributed by atoms with Crippen LogP contribution in [0.4, 0.5) is 5.69 Å². The largest absolute Gasteiger partial charge is 0.454 e. The number of ether oxygens (including phenoxy) is 1. The average Bonchev–Trinajstić information content (AvgIpc) is 3.11. The monoisotopic (exact) mass is 552 g/mol. The van der Waals surface area contributed by atoms with Gasteiger partial charge >= 0.3 is 0 Å². The third kappa shape index (κ3) is 6.54. The van der Waals surface area contributed by atoms with Crippen molar-refractivity contribution in [2.24, 2.45) is 5.73 Å². The zero-order valence-corrected chi connectivity index (χ0v) is 22.5. The van der Waals surface area contributed by atoms with Gasteiger partial charge in [0.15, 0.2) is 5.75 Å². The summed E-state index contributed by atoms with van der Waals surface area (Å²) in [5, 5.41) is 17.4. The number of nitrogens with one attached hydrogen (secondary N) is 2. The molecule has 1 unspecified atom stereocenters. The molecule has 1 heterocycles. The lowest BCUT2D eigenvalue weighted by Gasteiger charge is -2.23. The van der Waals surface area contributed by atoms with Crippen LogP contribution in [0.25, 0.3) is 10.8 Å². The van der Waals surface area contributed by atoms with Gasteiger partial charge in [-0.05, 0) is 40.6 Å². The maximum atomic E-state index is 13.5. The van der Waals surface area contributed by atoms with E-state index >= 15 is 0 Å². The Morgan fingerprint density at radius 1 is 0.902 bits per heavy atom. The van der Waals surface area contributed by atoms with E-state index in [-0.39, 0.29) is 38.4 Å². The minimum atomic E-state index is -0.898. The van der Waals surface area contributed by atoms with Crippen molar-refractivity contribution in [1.29, 1.82) is 0 Å². The van der Waals surface area contributed by atoms with E-state index in [4.69, 9.17) is 10.5 Å². The Morgan fingerprint density at radius 2 is 1.61 bits per heavy atom. The van der Waals surface area contributed by atoms with Gasteiger partial charge in [-0.2, -0.15) is 0 Å². The van der Waals surface area contributed by atoms with Gasteiger partial charge in [-0.15, -0.1) is 0 Å². The lowest BCUT2D eigenvalue weighted by molar-refractivity contribution is -0.129. The summed E-state index contributed by atoms with van der Waals surface area (Å²) in [5.41, 5.74) is 7.30. The predicted molar refractivity (Wildman–Crippen MR) is 157 cm³/mol. The van der Waals surface area contributed by atoms with E-state index < -0.39 is 24.0 Å². The van der Waals surface area contributed by atoms with Crippen LogP contribution in [0.2, 0.25) is 0 Å². The molecule has 0 spiro atoms. The van der Waals surface area contributed by atoms with Crippen molar-refractivity contribution < 1.29 is 24.2 Å². The van der Waals surface area contributed by atoms with Crippen LogP contribution in [0.5, 0.6) is 11.5 Å². The van der Waals surface area contributed by atoms with Crippen LogP contribution in [0.15, 0.2) is 91.0 Å². The fourth-order valence-electron chi connectivity index (χ4n) is 4.81. The molecule has 0 bridgehead atoms. The molecule has 9 nitrogen and oxygen atoms in total. The Labute approximate surface area is 237 Å². The lowest BCUT2D eigenvalue weighted by atomic mass is 10.0. The van der Waals surface area contributed by atoms with Crippen molar-refractivity contribution in [2.75, 3.05) is 24.5 Å². The number of amides is 3. The summed E-state index contributed by atoms with van der Waals surface area (Å²) < 4.78 is 6.01. The number of hydrogen-bond donors (Lipinski definition) is 4. The van der Waals surface area contributed by atoms with Crippen LogP contribution >= 0.6 is 0 Å². The summed E-state index contributed by atoms with van der Waals surface area (Å²) in [6.45, 7) is 0.0492. The number of aliphatic hydroxyl groups is 1. The summed E-state index contributed by atoms with van der Waals surface area (Å²) in [5.74, 6) is -0.145. The number of nitrogens with two attached hydrogens (primary N) is 1. The van der Waals surface area contributed by atoms with Crippen molar-refractivity contribution in [3.05, 3.63) is 102 Å². The first-order valence-corrected chi connectivity index (χ1v) is 13.5. The predicted octanol–water partition coefficient (Wildman–Crippen LogP) is 3.15. The molecule has 41 heavy (non-hydrogen) atoms. The molecule has 9 heteroatoms. The van der Waals surface area contributed by atoms with Crippen molar-refractivity contribution in [1.82, 2.24) is 10.6 Å². The number of nitrogens with zero attached hydrogens (tertiary/aromatic N) is 1. The molecule has 1 aliphatic heterocycles. The van der Waals surface area contributed by atoms with Gasteiger partial charge in [0.25, 0.3) is 5.91 Å². The van der Waals surface area contributed by atoms with Crippen molar-refractivity contribution in [2.45, 2.75) is 25.0 Å².